The van der Waals surface area contributed by atoms with Crippen LogP contribution >= 0.6 is 11.8 Å². The van der Waals surface area contributed by atoms with Crippen LogP contribution in [0.2, 0.25) is 0 Å². The van der Waals surface area contributed by atoms with Crippen molar-refractivity contribution in [3.63, 3.8) is 0 Å². The van der Waals surface area contributed by atoms with E-state index in [2.05, 4.69) is 5.10 Å². The lowest BCUT2D eigenvalue weighted by Crippen LogP contribution is -2.51. The Balaban J connectivity index is 1.68. The third kappa shape index (κ3) is 2.92. The van der Waals surface area contributed by atoms with Crippen molar-refractivity contribution in [3.05, 3.63) is 18.5 Å². The Bertz CT molecular complexity index is 519. The second-order valence-electron chi connectivity index (χ2n) is 5.57. The predicted octanol–water partition coefficient (Wildman–Crippen LogP) is 0.968. The molecule has 0 unspecified atom stereocenters. The van der Waals surface area contributed by atoms with Crippen LogP contribution in [0.5, 0.6) is 0 Å². The lowest BCUT2D eigenvalue weighted by molar-refractivity contribution is -0.143. The number of carbonyl (C=O) groups excluding carboxylic acids is 2. The molecule has 3 heterocycles. The van der Waals surface area contributed by atoms with Gasteiger partial charge in [0.1, 0.15) is 6.04 Å². The Kier molecular flexibility index (Phi) is 4.19. The molecule has 2 aliphatic heterocycles. The van der Waals surface area contributed by atoms with Gasteiger partial charge in [0.2, 0.25) is 11.8 Å². The van der Waals surface area contributed by atoms with Gasteiger partial charge in [0, 0.05) is 38.2 Å². The summed E-state index contributed by atoms with van der Waals surface area (Å²) in [5, 5.41) is 4.28. The fourth-order valence-electron chi connectivity index (χ4n) is 3.04. The summed E-state index contributed by atoms with van der Waals surface area (Å²) in [4.78, 5) is 27.9. The van der Waals surface area contributed by atoms with E-state index in [1.54, 1.807) is 22.9 Å². The average molecular weight is 308 g/mol. The van der Waals surface area contributed by atoms with E-state index in [-0.39, 0.29) is 23.9 Å². The van der Waals surface area contributed by atoms with E-state index in [1.807, 2.05) is 21.8 Å². The molecule has 2 aliphatic rings. The number of hydrogen-bond donors (Lipinski definition) is 0. The highest BCUT2D eigenvalue weighted by molar-refractivity contribution is 7.99. The lowest BCUT2D eigenvalue weighted by atomic mass is 10.0. The Morgan fingerprint density at radius 2 is 2.24 bits per heavy atom. The Labute approximate surface area is 128 Å². The molecule has 2 saturated heterocycles. The molecule has 2 fully saturated rings. The van der Waals surface area contributed by atoms with Gasteiger partial charge in [0.15, 0.2) is 0 Å². The molecular weight excluding hydrogens is 288 g/mol. The molecule has 0 aliphatic carbocycles. The first kappa shape index (κ1) is 14.4. The summed E-state index contributed by atoms with van der Waals surface area (Å²) in [6, 6.07) is 1.87. The first-order valence-corrected chi connectivity index (χ1v) is 8.45. The second kappa shape index (κ2) is 6.09. The van der Waals surface area contributed by atoms with Crippen molar-refractivity contribution in [2.45, 2.75) is 31.8 Å². The van der Waals surface area contributed by atoms with Crippen LogP contribution in [-0.2, 0) is 9.59 Å². The molecule has 0 spiro atoms. The number of thioether (sulfide) groups is 1. The maximum atomic E-state index is 12.7. The van der Waals surface area contributed by atoms with Crippen molar-refractivity contribution in [1.29, 1.82) is 0 Å². The highest BCUT2D eigenvalue weighted by atomic mass is 32.2. The highest BCUT2D eigenvalue weighted by Gasteiger charge is 2.37. The Morgan fingerprint density at radius 1 is 1.38 bits per heavy atom. The zero-order valence-electron chi connectivity index (χ0n) is 12.1. The van der Waals surface area contributed by atoms with E-state index in [9.17, 15) is 9.59 Å². The van der Waals surface area contributed by atoms with Crippen LogP contribution in [0.1, 0.15) is 25.8 Å². The van der Waals surface area contributed by atoms with Crippen molar-refractivity contribution in [1.82, 2.24) is 19.6 Å². The molecular formula is C14H20N4O2S. The van der Waals surface area contributed by atoms with Crippen molar-refractivity contribution in [2.75, 3.05) is 24.7 Å². The first-order chi connectivity index (χ1) is 10.2. The summed E-state index contributed by atoms with van der Waals surface area (Å²) in [5.41, 5.74) is 0. The van der Waals surface area contributed by atoms with Crippen molar-refractivity contribution >= 4 is 23.6 Å². The third-order valence-electron chi connectivity index (χ3n) is 4.18. The van der Waals surface area contributed by atoms with Gasteiger partial charge >= 0.3 is 0 Å². The van der Waals surface area contributed by atoms with Gasteiger partial charge < -0.3 is 9.80 Å². The Morgan fingerprint density at radius 3 is 2.95 bits per heavy atom. The molecule has 21 heavy (non-hydrogen) atoms. The van der Waals surface area contributed by atoms with Crippen molar-refractivity contribution in [3.8, 4) is 0 Å². The summed E-state index contributed by atoms with van der Waals surface area (Å²) < 4.78 is 1.94. The SMILES string of the molecule is CC(=O)N1CSC[C@@H]1C(=O)N1CCC[C@@H](n2cccn2)C1. The molecule has 3 rings (SSSR count). The lowest BCUT2D eigenvalue weighted by Gasteiger charge is -2.35. The molecule has 114 valence electrons. The number of nitrogens with zero attached hydrogens (tertiary/aromatic N) is 4. The average Bonchev–Trinajstić information content (AvgIpc) is 3.17. The van der Waals surface area contributed by atoms with Gasteiger partial charge in [-0.05, 0) is 18.9 Å². The minimum atomic E-state index is -0.288. The quantitative estimate of drug-likeness (QED) is 0.817. The zero-order chi connectivity index (χ0) is 14.8. The monoisotopic (exact) mass is 308 g/mol. The molecule has 7 heteroatoms. The van der Waals surface area contributed by atoms with Gasteiger partial charge in [0.25, 0.3) is 0 Å². The van der Waals surface area contributed by atoms with E-state index in [0.29, 0.717) is 18.2 Å². The third-order valence-corrected chi connectivity index (χ3v) is 5.19. The molecule has 2 amide bonds. The van der Waals surface area contributed by atoms with Gasteiger partial charge in [0.05, 0.1) is 11.9 Å². The van der Waals surface area contributed by atoms with Crippen molar-refractivity contribution in [2.24, 2.45) is 0 Å². The number of amides is 2. The van der Waals surface area contributed by atoms with E-state index in [0.717, 1.165) is 19.4 Å². The van der Waals surface area contributed by atoms with E-state index in [1.165, 1.54) is 6.92 Å². The first-order valence-electron chi connectivity index (χ1n) is 7.29. The second-order valence-corrected chi connectivity index (χ2v) is 6.57. The van der Waals surface area contributed by atoms with Crippen LogP contribution in [0.25, 0.3) is 0 Å². The number of rotatable bonds is 2. The van der Waals surface area contributed by atoms with E-state index >= 15 is 0 Å². The van der Waals surface area contributed by atoms with Crippen LogP contribution in [0.15, 0.2) is 18.5 Å². The number of likely N-dealkylation sites (tertiary alicyclic amines) is 1. The summed E-state index contributed by atoms with van der Waals surface area (Å²) in [6.07, 6.45) is 5.75. The van der Waals surface area contributed by atoms with Crippen LogP contribution in [0, 0.1) is 0 Å². The van der Waals surface area contributed by atoms with Gasteiger partial charge in [-0.15, -0.1) is 11.8 Å². The van der Waals surface area contributed by atoms with Crippen LogP contribution in [-0.4, -0.2) is 62.2 Å². The fraction of sp³-hybridized carbons (Fsp3) is 0.643. The van der Waals surface area contributed by atoms with Gasteiger partial charge in [-0.3, -0.25) is 14.3 Å². The Hall–Kier alpha value is -1.50. The molecule has 0 aromatic carbocycles. The maximum Gasteiger partial charge on any atom is 0.246 e. The maximum absolute atomic E-state index is 12.7. The molecule has 2 atom stereocenters. The van der Waals surface area contributed by atoms with E-state index < -0.39 is 0 Å². The molecule has 0 saturated carbocycles. The number of hydrogen-bond acceptors (Lipinski definition) is 4. The largest absolute Gasteiger partial charge is 0.339 e. The fourth-order valence-corrected chi connectivity index (χ4v) is 4.25. The molecule has 0 bridgehead atoms. The summed E-state index contributed by atoms with van der Waals surface area (Å²) >= 11 is 1.65. The smallest absolute Gasteiger partial charge is 0.246 e. The number of aromatic nitrogens is 2. The molecule has 0 N–H and O–H groups in total. The minimum Gasteiger partial charge on any atom is -0.339 e. The standard InChI is InChI=1S/C14H20N4O2S/c1-11(19)17-10-21-9-13(17)14(20)16-6-2-4-12(8-16)18-7-3-5-15-18/h3,5,7,12-13H,2,4,6,8-10H2,1H3/t12-,13-/m1/s1. The van der Waals surface area contributed by atoms with E-state index in [4.69, 9.17) is 0 Å². The number of piperidine rings is 1. The van der Waals surface area contributed by atoms with Gasteiger partial charge in [-0.1, -0.05) is 0 Å². The number of carbonyl (C=O) groups is 2. The molecule has 0 radical (unpaired) electrons. The van der Waals surface area contributed by atoms with Crippen LogP contribution in [0.3, 0.4) is 0 Å². The predicted molar refractivity (Wildman–Crippen MR) is 80.7 cm³/mol. The zero-order valence-corrected chi connectivity index (χ0v) is 13.0. The summed E-state index contributed by atoms with van der Waals surface area (Å²) in [7, 11) is 0. The van der Waals surface area contributed by atoms with Crippen LogP contribution < -0.4 is 0 Å². The van der Waals surface area contributed by atoms with Gasteiger partial charge in [-0.2, -0.15) is 5.10 Å². The highest BCUT2D eigenvalue weighted by Crippen LogP contribution is 2.26. The summed E-state index contributed by atoms with van der Waals surface area (Å²) in [5.74, 6) is 1.41. The molecule has 6 nitrogen and oxygen atoms in total. The minimum absolute atomic E-state index is 0.0148. The van der Waals surface area contributed by atoms with Crippen LogP contribution in [0.4, 0.5) is 0 Å². The van der Waals surface area contributed by atoms with Crippen molar-refractivity contribution < 1.29 is 9.59 Å². The molecule has 1 aromatic rings. The topological polar surface area (TPSA) is 58.4 Å². The normalized spacial score (nSPS) is 26.1. The summed E-state index contributed by atoms with van der Waals surface area (Å²) in [6.45, 7) is 3.01. The van der Waals surface area contributed by atoms with Gasteiger partial charge in [-0.25, -0.2) is 0 Å². The molecule has 1 aromatic heterocycles.